The zero-order valence-corrected chi connectivity index (χ0v) is 16.3. The van der Waals surface area contributed by atoms with E-state index < -0.39 is 38.4 Å². The maximum atomic E-state index is 13.5. The highest BCUT2D eigenvalue weighted by Crippen LogP contribution is 2.33. The fourth-order valence-corrected chi connectivity index (χ4v) is 4.24. The average Bonchev–Trinajstić information content (AvgIpc) is 3.16. The predicted molar refractivity (Wildman–Crippen MR) is 98.8 cm³/mol. The lowest BCUT2D eigenvalue weighted by Crippen LogP contribution is -2.29. The van der Waals surface area contributed by atoms with Crippen LogP contribution in [-0.4, -0.2) is 32.3 Å². The van der Waals surface area contributed by atoms with Crippen LogP contribution in [0.5, 0.6) is 0 Å². The largest absolute Gasteiger partial charge is 0.419 e. The zero-order valence-electron chi connectivity index (χ0n) is 14.8. The summed E-state index contributed by atoms with van der Waals surface area (Å²) in [5, 5.41) is 0.191. The van der Waals surface area contributed by atoms with Crippen molar-refractivity contribution in [2.75, 3.05) is 17.8 Å². The van der Waals surface area contributed by atoms with Crippen molar-refractivity contribution in [3.05, 3.63) is 58.4 Å². The number of carbonyl (C=O) groups is 1. The molecule has 5 nitrogen and oxygen atoms in total. The van der Waals surface area contributed by atoms with E-state index in [2.05, 4.69) is 4.72 Å². The van der Waals surface area contributed by atoms with Gasteiger partial charge in [-0.25, -0.2) is 12.8 Å². The summed E-state index contributed by atoms with van der Waals surface area (Å²) in [6.07, 6.45) is -3.45. The second kappa shape index (κ2) is 7.83. The molecule has 11 heteroatoms. The number of rotatable bonds is 4. The number of alkyl halides is 3. The van der Waals surface area contributed by atoms with E-state index >= 15 is 0 Å². The van der Waals surface area contributed by atoms with Gasteiger partial charge in [0.1, 0.15) is 5.82 Å². The van der Waals surface area contributed by atoms with Gasteiger partial charge in [-0.1, -0.05) is 11.6 Å². The fourth-order valence-electron chi connectivity index (χ4n) is 2.97. The molecule has 3 rings (SSSR count). The van der Waals surface area contributed by atoms with Gasteiger partial charge in [-0.2, -0.15) is 13.2 Å². The summed E-state index contributed by atoms with van der Waals surface area (Å²) in [5.41, 5.74) is -1.87. The maximum Gasteiger partial charge on any atom is 0.419 e. The molecule has 0 atom stereocenters. The van der Waals surface area contributed by atoms with Crippen LogP contribution in [0.15, 0.2) is 41.3 Å². The van der Waals surface area contributed by atoms with Crippen molar-refractivity contribution in [2.24, 2.45) is 0 Å². The predicted octanol–water partition coefficient (Wildman–Crippen LogP) is 4.53. The highest BCUT2D eigenvalue weighted by Gasteiger charge is 2.35. The minimum absolute atomic E-state index is 0.0267. The van der Waals surface area contributed by atoms with Gasteiger partial charge >= 0.3 is 6.18 Å². The summed E-state index contributed by atoms with van der Waals surface area (Å²) in [4.78, 5) is 13.4. The van der Waals surface area contributed by atoms with E-state index in [4.69, 9.17) is 11.6 Å². The Morgan fingerprint density at radius 3 is 2.34 bits per heavy atom. The number of hydrogen-bond donors (Lipinski definition) is 1. The third-order valence-corrected chi connectivity index (χ3v) is 6.00. The molecule has 0 spiro atoms. The van der Waals surface area contributed by atoms with E-state index in [0.29, 0.717) is 25.2 Å². The van der Waals surface area contributed by atoms with Gasteiger partial charge in [0, 0.05) is 18.1 Å². The van der Waals surface area contributed by atoms with Crippen molar-refractivity contribution in [1.29, 1.82) is 0 Å². The van der Waals surface area contributed by atoms with Gasteiger partial charge in [0.15, 0.2) is 0 Å². The number of amides is 1. The number of halogens is 5. The molecule has 1 saturated heterocycles. The molecule has 1 amide bonds. The molecule has 1 aliphatic rings. The van der Waals surface area contributed by atoms with Crippen LogP contribution in [0.2, 0.25) is 5.02 Å². The van der Waals surface area contributed by atoms with Crippen molar-refractivity contribution >= 4 is 33.2 Å². The van der Waals surface area contributed by atoms with Crippen LogP contribution < -0.4 is 4.72 Å². The number of hydrogen-bond acceptors (Lipinski definition) is 3. The second-order valence-corrected chi connectivity index (χ2v) is 8.55. The lowest BCUT2D eigenvalue weighted by atomic mass is 10.1. The minimum atomic E-state index is -5.06. The van der Waals surface area contributed by atoms with Crippen molar-refractivity contribution in [1.82, 2.24) is 4.90 Å². The van der Waals surface area contributed by atoms with Crippen LogP contribution in [0.4, 0.5) is 23.2 Å². The van der Waals surface area contributed by atoms with Gasteiger partial charge in [0.25, 0.3) is 15.9 Å². The quantitative estimate of drug-likeness (QED) is 0.696. The molecule has 1 aliphatic heterocycles. The van der Waals surface area contributed by atoms with Crippen molar-refractivity contribution in [3.63, 3.8) is 0 Å². The maximum absolute atomic E-state index is 13.5. The van der Waals surface area contributed by atoms with Crippen LogP contribution in [0, 0.1) is 5.82 Å². The Balaban J connectivity index is 1.98. The standard InChI is InChI=1S/C18H15ClF4N2O3S/c19-11-3-6-16(13(9-11)17(26)25-7-1-2-8-25)24-29(27,28)12-4-5-15(20)14(10-12)18(21,22)23/h3-6,9-10,24H,1-2,7-8H2. The van der Waals surface area contributed by atoms with Crippen LogP contribution >= 0.6 is 11.6 Å². The van der Waals surface area contributed by atoms with Gasteiger partial charge in [-0.3, -0.25) is 9.52 Å². The molecular weight excluding hydrogens is 436 g/mol. The van der Waals surface area contributed by atoms with Crippen molar-refractivity contribution in [3.8, 4) is 0 Å². The number of likely N-dealkylation sites (tertiary alicyclic amines) is 1. The van der Waals surface area contributed by atoms with Gasteiger partial charge in [-0.05, 0) is 49.2 Å². The molecule has 2 aromatic rings. The van der Waals surface area contributed by atoms with Gasteiger partial charge < -0.3 is 4.90 Å². The average molecular weight is 451 g/mol. The molecule has 0 bridgehead atoms. The van der Waals surface area contributed by atoms with E-state index in [9.17, 15) is 30.8 Å². The highest BCUT2D eigenvalue weighted by molar-refractivity contribution is 7.92. The lowest BCUT2D eigenvalue weighted by Gasteiger charge is -2.19. The van der Waals surface area contributed by atoms with Gasteiger partial charge in [0.2, 0.25) is 0 Å². The summed E-state index contributed by atoms with van der Waals surface area (Å²) < 4.78 is 79.5. The molecule has 1 heterocycles. The normalized spacial score (nSPS) is 14.9. The molecule has 156 valence electrons. The highest BCUT2D eigenvalue weighted by atomic mass is 35.5. The molecule has 29 heavy (non-hydrogen) atoms. The van der Waals surface area contributed by atoms with Crippen molar-refractivity contribution in [2.45, 2.75) is 23.9 Å². The van der Waals surface area contributed by atoms with Crippen LogP contribution in [0.25, 0.3) is 0 Å². The summed E-state index contributed by atoms with van der Waals surface area (Å²) in [6.45, 7) is 1.01. The minimum Gasteiger partial charge on any atom is -0.339 e. The molecule has 0 radical (unpaired) electrons. The number of anilines is 1. The van der Waals surface area contributed by atoms with Gasteiger partial charge in [-0.15, -0.1) is 0 Å². The summed E-state index contributed by atoms with van der Waals surface area (Å²) >= 11 is 5.93. The molecule has 1 fully saturated rings. The SMILES string of the molecule is O=C(c1cc(Cl)ccc1NS(=O)(=O)c1ccc(F)c(C(F)(F)F)c1)N1CCCC1. The third kappa shape index (κ3) is 4.64. The number of nitrogens with one attached hydrogen (secondary N) is 1. The van der Waals surface area contributed by atoms with Gasteiger partial charge in [0.05, 0.1) is 21.7 Å². The molecule has 0 aromatic heterocycles. The topological polar surface area (TPSA) is 66.5 Å². The molecule has 0 saturated carbocycles. The summed E-state index contributed by atoms with van der Waals surface area (Å²) in [6, 6.07) is 5.21. The first-order valence-corrected chi connectivity index (χ1v) is 10.3. The first-order chi connectivity index (χ1) is 13.5. The van der Waals surface area contributed by atoms with Crippen LogP contribution in [0.3, 0.4) is 0 Å². The molecule has 0 unspecified atom stereocenters. The molecule has 1 N–H and O–H groups in total. The summed E-state index contributed by atoms with van der Waals surface area (Å²) in [5.74, 6) is -2.04. The first kappa shape index (κ1) is 21.4. The number of nitrogens with zero attached hydrogens (tertiary/aromatic N) is 1. The molecular formula is C18H15ClF4N2O3S. The van der Waals surface area contributed by atoms with Crippen LogP contribution in [0.1, 0.15) is 28.8 Å². The fraction of sp³-hybridized carbons (Fsp3) is 0.278. The second-order valence-electron chi connectivity index (χ2n) is 6.43. The van der Waals surface area contributed by atoms with E-state index in [1.807, 2.05) is 0 Å². The smallest absolute Gasteiger partial charge is 0.339 e. The Morgan fingerprint density at radius 1 is 1.07 bits per heavy atom. The molecule has 0 aliphatic carbocycles. The zero-order chi connectivity index (χ0) is 21.4. The number of benzene rings is 2. The Bertz CT molecular complexity index is 1050. The van der Waals surface area contributed by atoms with E-state index in [1.54, 1.807) is 0 Å². The summed E-state index contributed by atoms with van der Waals surface area (Å²) in [7, 11) is -4.54. The Kier molecular flexibility index (Phi) is 5.77. The first-order valence-electron chi connectivity index (χ1n) is 8.47. The third-order valence-electron chi connectivity index (χ3n) is 4.40. The number of carbonyl (C=O) groups excluding carboxylic acids is 1. The van der Waals surface area contributed by atoms with E-state index in [1.165, 1.54) is 23.1 Å². The molecule has 2 aromatic carbocycles. The van der Waals surface area contributed by atoms with Crippen molar-refractivity contribution < 1.29 is 30.8 Å². The van der Waals surface area contributed by atoms with E-state index in [-0.39, 0.29) is 22.3 Å². The van der Waals surface area contributed by atoms with Crippen LogP contribution in [-0.2, 0) is 16.2 Å². The Labute approximate surface area is 169 Å². The van der Waals surface area contributed by atoms with E-state index in [0.717, 1.165) is 12.8 Å². The number of sulfonamides is 1. The Morgan fingerprint density at radius 2 is 1.72 bits per heavy atom. The Hall–Kier alpha value is -2.33. The monoisotopic (exact) mass is 450 g/mol. The lowest BCUT2D eigenvalue weighted by molar-refractivity contribution is -0.140.